The number of aromatic nitrogens is 2. The average Bonchev–Trinajstić information content (AvgIpc) is 2.88. The number of nitrogens with one attached hydrogen (secondary N) is 1. The van der Waals surface area contributed by atoms with Crippen molar-refractivity contribution in [1.82, 2.24) is 9.55 Å². The van der Waals surface area contributed by atoms with Gasteiger partial charge in [-0.3, -0.25) is 9.36 Å². The number of fused-ring (bicyclic) bond motifs is 1. The first-order valence-corrected chi connectivity index (χ1v) is 7.19. The predicted octanol–water partition coefficient (Wildman–Crippen LogP) is 3.48. The summed E-state index contributed by atoms with van der Waals surface area (Å²) in [5, 5.41) is 1.93. The minimum atomic E-state index is 0.0810. The molecule has 90 valence electrons. The van der Waals surface area contributed by atoms with Gasteiger partial charge in [-0.2, -0.15) is 0 Å². The molecule has 1 fully saturated rings. The van der Waals surface area contributed by atoms with Gasteiger partial charge in [-0.15, -0.1) is 11.3 Å². The summed E-state index contributed by atoms with van der Waals surface area (Å²) in [6.45, 7) is 2.21. The van der Waals surface area contributed by atoms with Crippen LogP contribution in [0.1, 0.15) is 32.2 Å². The highest BCUT2D eigenvalue weighted by atomic mass is 32.1. The van der Waals surface area contributed by atoms with Gasteiger partial charge < -0.3 is 4.98 Å². The maximum atomic E-state index is 12.4. The third-order valence-electron chi connectivity index (χ3n) is 3.69. The van der Waals surface area contributed by atoms with Gasteiger partial charge in [0, 0.05) is 6.04 Å². The van der Waals surface area contributed by atoms with Crippen LogP contribution in [0.25, 0.3) is 10.2 Å². The molecule has 1 N–H and O–H groups in total. The summed E-state index contributed by atoms with van der Waals surface area (Å²) in [6, 6.07) is 2.19. The molecule has 2 unspecified atom stereocenters. The molecule has 2 heterocycles. The molecular weight excluding hydrogens is 252 g/mol. The number of hydrogen-bond acceptors (Lipinski definition) is 3. The van der Waals surface area contributed by atoms with Crippen LogP contribution < -0.4 is 5.56 Å². The van der Waals surface area contributed by atoms with Crippen molar-refractivity contribution in [2.24, 2.45) is 5.92 Å². The Balaban J connectivity index is 2.28. The third-order valence-corrected chi connectivity index (χ3v) is 4.89. The number of aromatic amines is 1. The van der Waals surface area contributed by atoms with Crippen LogP contribution in [-0.4, -0.2) is 9.55 Å². The zero-order chi connectivity index (χ0) is 12.0. The zero-order valence-electron chi connectivity index (χ0n) is 9.60. The molecule has 5 heteroatoms. The Morgan fingerprint density at radius 2 is 2.35 bits per heavy atom. The molecule has 0 aromatic carbocycles. The first-order chi connectivity index (χ1) is 8.18. The SMILES string of the molecule is CC1CCCC1n1c(=S)[nH]c2ccsc2c1=O. The van der Waals surface area contributed by atoms with E-state index in [4.69, 9.17) is 12.2 Å². The van der Waals surface area contributed by atoms with Crippen LogP contribution >= 0.6 is 23.6 Å². The number of thiophene rings is 1. The van der Waals surface area contributed by atoms with Crippen LogP contribution in [-0.2, 0) is 0 Å². The zero-order valence-corrected chi connectivity index (χ0v) is 11.2. The molecule has 0 saturated heterocycles. The van der Waals surface area contributed by atoms with E-state index in [-0.39, 0.29) is 11.6 Å². The van der Waals surface area contributed by atoms with E-state index in [0.29, 0.717) is 10.7 Å². The Kier molecular flexibility index (Phi) is 2.67. The van der Waals surface area contributed by atoms with E-state index in [1.807, 2.05) is 11.4 Å². The normalized spacial score (nSPS) is 24.5. The standard InChI is InChI=1S/C12H14N2OS2/c1-7-3-2-4-9(7)14-11(15)10-8(5-6-17-10)13-12(14)16/h5-7,9H,2-4H2,1H3,(H,13,16). The van der Waals surface area contributed by atoms with Crippen molar-refractivity contribution in [2.75, 3.05) is 0 Å². The van der Waals surface area contributed by atoms with Crippen LogP contribution in [0, 0.1) is 10.7 Å². The van der Waals surface area contributed by atoms with Crippen molar-refractivity contribution in [3.05, 3.63) is 26.6 Å². The highest BCUT2D eigenvalue weighted by Gasteiger charge is 2.27. The quantitative estimate of drug-likeness (QED) is 0.802. The summed E-state index contributed by atoms with van der Waals surface area (Å²) in [4.78, 5) is 15.6. The summed E-state index contributed by atoms with van der Waals surface area (Å²) in [5.41, 5.74) is 0.949. The van der Waals surface area contributed by atoms with Crippen molar-refractivity contribution in [3.8, 4) is 0 Å². The molecule has 0 radical (unpaired) electrons. The van der Waals surface area contributed by atoms with Gasteiger partial charge in [0.25, 0.3) is 5.56 Å². The Bertz CT molecular complexity index is 667. The molecule has 0 spiro atoms. The van der Waals surface area contributed by atoms with Gasteiger partial charge in [0.05, 0.1) is 5.52 Å². The summed E-state index contributed by atoms with van der Waals surface area (Å²) < 4.78 is 3.16. The molecule has 2 aromatic rings. The maximum absolute atomic E-state index is 12.4. The summed E-state index contributed by atoms with van der Waals surface area (Å²) >= 11 is 6.82. The maximum Gasteiger partial charge on any atom is 0.272 e. The second kappa shape index (κ2) is 4.07. The molecule has 3 rings (SSSR count). The van der Waals surface area contributed by atoms with Crippen LogP contribution in [0.2, 0.25) is 0 Å². The van der Waals surface area contributed by atoms with Crippen LogP contribution in [0.15, 0.2) is 16.2 Å². The van der Waals surface area contributed by atoms with E-state index in [1.54, 1.807) is 4.57 Å². The number of H-pyrrole nitrogens is 1. The summed E-state index contributed by atoms with van der Waals surface area (Å²) in [5.74, 6) is 0.542. The molecule has 1 aliphatic rings. The van der Waals surface area contributed by atoms with Gasteiger partial charge in [0.1, 0.15) is 4.70 Å². The van der Waals surface area contributed by atoms with E-state index >= 15 is 0 Å². The van der Waals surface area contributed by atoms with Crippen molar-refractivity contribution in [2.45, 2.75) is 32.2 Å². The van der Waals surface area contributed by atoms with Gasteiger partial charge in [-0.1, -0.05) is 13.3 Å². The molecule has 1 aliphatic carbocycles. The number of rotatable bonds is 1. The molecule has 1 saturated carbocycles. The molecule has 2 atom stereocenters. The van der Waals surface area contributed by atoms with Crippen molar-refractivity contribution in [1.29, 1.82) is 0 Å². The van der Waals surface area contributed by atoms with Gasteiger partial charge in [-0.05, 0) is 42.4 Å². The Morgan fingerprint density at radius 1 is 1.53 bits per heavy atom. The Labute approximate surface area is 108 Å². The van der Waals surface area contributed by atoms with Gasteiger partial charge in [0.15, 0.2) is 4.77 Å². The summed E-state index contributed by atoms with van der Waals surface area (Å²) in [6.07, 6.45) is 3.44. The third kappa shape index (κ3) is 1.68. The molecular formula is C12H14N2OS2. The highest BCUT2D eigenvalue weighted by molar-refractivity contribution is 7.71. The molecule has 0 aliphatic heterocycles. The number of nitrogens with zero attached hydrogens (tertiary/aromatic N) is 1. The van der Waals surface area contributed by atoms with Crippen LogP contribution in [0.4, 0.5) is 0 Å². The fourth-order valence-corrected chi connectivity index (χ4v) is 3.87. The minimum Gasteiger partial charge on any atom is -0.331 e. The largest absolute Gasteiger partial charge is 0.331 e. The van der Waals surface area contributed by atoms with E-state index < -0.39 is 0 Å². The van der Waals surface area contributed by atoms with E-state index in [1.165, 1.54) is 24.2 Å². The lowest BCUT2D eigenvalue weighted by molar-refractivity contribution is 0.392. The fraction of sp³-hybridized carbons (Fsp3) is 0.500. The fourth-order valence-electron chi connectivity index (χ4n) is 2.76. The Hall–Kier alpha value is -0.940. The van der Waals surface area contributed by atoms with Gasteiger partial charge in [-0.25, -0.2) is 0 Å². The van der Waals surface area contributed by atoms with E-state index in [0.717, 1.165) is 16.6 Å². The lowest BCUT2D eigenvalue weighted by Crippen LogP contribution is -2.27. The van der Waals surface area contributed by atoms with E-state index in [2.05, 4.69) is 11.9 Å². The molecule has 0 amide bonds. The molecule has 2 aromatic heterocycles. The smallest absolute Gasteiger partial charge is 0.272 e. The minimum absolute atomic E-state index is 0.0810. The van der Waals surface area contributed by atoms with Gasteiger partial charge in [0.2, 0.25) is 0 Å². The van der Waals surface area contributed by atoms with Crippen LogP contribution in [0.5, 0.6) is 0 Å². The van der Waals surface area contributed by atoms with Crippen molar-refractivity contribution >= 4 is 33.8 Å². The molecule has 0 bridgehead atoms. The lowest BCUT2D eigenvalue weighted by atomic mass is 10.1. The first-order valence-electron chi connectivity index (χ1n) is 5.90. The van der Waals surface area contributed by atoms with Crippen LogP contribution in [0.3, 0.4) is 0 Å². The average molecular weight is 266 g/mol. The lowest BCUT2D eigenvalue weighted by Gasteiger charge is -2.18. The second-order valence-corrected chi connectivity index (χ2v) is 6.05. The monoisotopic (exact) mass is 266 g/mol. The second-order valence-electron chi connectivity index (χ2n) is 4.74. The van der Waals surface area contributed by atoms with Gasteiger partial charge >= 0.3 is 0 Å². The molecule has 17 heavy (non-hydrogen) atoms. The van der Waals surface area contributed by atoms with Crippen molar-refractivity contribution < 1.29 is 0 Å². The summed E-state index contributed by atoms with van der Waals surface area (Å²) in [7, 11) is 0. The molecule has 3 nitrogen and oxygen atoms in total. The first kappa shape index (κ1) is 11.2. The van der Waals surface area contributed by atoms with E-state index in [9.17, 15) is 4.79 Å². The highest BCUT2D eigenvalue weighted by Crippen LogP contribution is 2.34. The number of hydrogen-bond donors (Lipinski definition) is 1. The predicted molar refractivity (Wildman–Crippen MR) is 73.3 cm³/mol. The van der Waals surface area contributed by atoms with Crippen molar-refractivity contribution in [3.63, 3.8) is 0 Å². The topological polar surface area (TPSA) is 37.8 Å². The Morgan fingerprint density at radius 3 is 3.06 bits per heavy atom.